The summed E-state index contributed by atoms with van der Waals surface area (Å²) in [5.74, 6) is 1.25. The van der Waals surface area contributed by atoms with Crippen LogP contribution in [-0.4, -0.2) is 29.4 Å². The van der Waals surface area contributed by atoms with Crippen LogP contribution >= 0.6 is 0 Å². The Kier molecular flexibility index (Phi) is 5.02. The highest BCUT2D eigenvalue weighted by atomic mass is 16.2. The number of aromatic amines is 1. The number of hydrogen-bond donors (Lipinski definition) is 2. The van der Waals surface area contributed by atoms with E-state index in [0.717, 1.165) is 50.3 Å². The summed E-state index contributed by atoms with van der Waals surface area (Å²) in [5, 5.41) is 0. The Morgan fingerprint density at radius 2 is 2.16 bits per heavy atom. The van der Waals surface area contributed by atoms with E-state index in [1.54, 1.807) is 0 Å². The summed E-state index contributed by atoms with van der Waals surface area (Å²) in [6.07, 6.45) is 7.37. The van der Waals surface area contributed by atoms with Crippen molar-refractivity contribution in [3.8, 4) is 0 Å². The van der Waals surface area contributed by atoms with Gasteiger partial charge in [0.15, 0.2) is 0 Å². The van der Waals surface area contributed by atoms with E-state index < -0.39 is 0 Å². The molecule has 4 heteroatoms. The molecule has 1 amide bonds. The number of aromatic nitrogens is 1. The minimum absolute atomic E-state index is 0.217. The largest absolute Gasteiger partial charge is 0.364 e. The molecule has 19 heavy (non-hydrogen) atoms. The first-order valence-electron chi connectivity index (χ1n) is 7.28. The highest BCUT2D eigenvalue weighted by Gasteiger charge is 2.27. The van der Waals surface area contributed by atoms with Gasteiger partial charge in [0, 0.05) is 24.9 Å². The molecule has 3 N–H and O–H groups in total. The molecule has 0 aromatic carbocycles. The van der Waals surface area contributed by atoms with Crippen LogP contribution in [0.15, 0.2) is 18.3 Å². The van der Waals surface area contributed by atoms with Crippen LogP contribution < -0.4 is 5.73 Å². The van der Waals surface area contributed by atoms with Gasteiger partial charge in [0.1, 0.15) is 0 Å². The lowest BCUT2D eigenvalue weighted by molar-refractivity contribution is -0.136. The molecular formula is C15H25N3O. The molecule has 1 heterocycles. The summed E-state index contributed by atoms with van der Waals surface area (Å²) < 4.78 is 0. The zero-order valence-electron chi connectivity index (χ0n) is 11.8. The van der Waals surface area contributed by atoms with Gasteiger partial charge in [0.25, 0.3) is 0 Å². The average molecular weight is 263 g/mol. The van der Waals surface area contributed by atoms with Gasteiger partial charge in [-0.1, -0.05) is 0 Å². The quantitative estimate of drug-likeness (QED) is 0.855. The molecule has 1 saturated carbocycles. The highest BCUT2D eigenvalue weighted by Crippen LogP contribution is 2.31. The maximum atomic E-state index is 12.4. The lowest BCUT2D eigenvalue weighted by Crippen LogP contribution is -2.34. The van der Waals surface area contributed by atoms with E-state index >= 15 is 0 Å². The Bertz CT molecular complexity index is 380. The number of carbonyl (C=O) groups excluding carboxylic acids is 1. The number of rotatable bonds is 5. The molecule has 1 aliphatic carbocycles. The summed E-state index contributed by atoms with van der Waals surface area (Å²) >= 11 is 0. The zero-order chi connectivity index (χ0) is 13.7. The number of hydrogen-bond acceptors (Lipinski definition) is 2. The van der Waals surface area contributed by atoms with Crippen LogP contribution in [0, 0.1) is 11.8 Å². The fourth-order valence-electron chi connectivity index (χ4n) is 3.04. The number of amides is 1. The second-order valence-electron chi connectivity index (χ2n) is 5.68. The average Bonchev–Trinajstić information content (AvgIpc) is 2.92. The van der Waals surface area contributed by atoms with Crippen LogP contribution in [0.2, 0.25) is 0 Å². The third-order valence-corrected chi connectivity index (χ3v) is 4.22. The topological polar surface area (TPSA) is 62.1 Å². The number of nitrogens with zero attached hydrogens (tertiary/aromatic N) is 1. The molecule has 4 nitrogen and oxygen atoms in total. The Labute approximate surface area is 115 Å². The van der Waals surface area contributed by atoms with Crippen molar-refractivity contribution in [2.75, 3.05) is 13.6 Å². The van der Waals surface area contributed by atoms with Crippen LogP contribution in [0.3, 0.4) is 0 Å². The maximum Gasteiger partial charge on any atom is 0.225 e. The minimum Gasteiger partial charge on any atom is -0.364 e. The molecule has 0 atom stereocenters. The van der Waals surface area contributed by atoms with Gasteiger partial charge >= 0.3 is 0 Å². The lowest BCUT2D eigenvalue weighted by Gasteiger charge is -2.30. The molecule has 2 rings (SSSR count). The van der Waals surface area contributed by atoms with Crippen LogP contribution in [0.4, 0.5) is 0 Å². The molecule has 1 aliphatic rings. The molecule has 1 aromatic rings. The molecule has 1 aromatic heterocycles. The first-order valence-corrected chi connectivity index (χ1v) is 7.28. The van der Waals surface area contributed by atoms with Gasteiger partial charge < -0.3 is 15.6 Å². The smallest absolute Gasteiger partial charge is 0.225 e. The Morgan fingerprint density at radius 1 is 1.42 bits per heavy atom. The Morgan fingerprint density at radius 3 is 2.74 bits per heavy atom. The van der Waals surface area contributed by atoms with Crippen LogP contribution in [0.5, 0.6) is 0 Å². The molecule has 0 bridgehead atoms. The second-order valence-corrected chi connectivity index (χ2v) is 5.68. The molecule has 0 spiro atoms. The van der Waals surface area contributed by atoms with Crippen molar-refractivity contribution in [2.24, 2.45) is 17.6 Å². The molecule has 0 radical (unpaired) electrons. The summed E-state index contributed by atoms with van der Waals surface area (Å²) in [7, 11) is 1.90. The fourth-order valence-corrected chi connectivity index (χ4v) is 3.04. The molecule has 0 aliphatic heterocycles. The number of nitrogens with one attached hydrogen (secondary N) is 1. The predicted octanol–water partition coefficient (Wildman–Crippen LogP) is 2.13. The van der Waals surface area contributed by atoms with Gasteiger partial charge in [-0.2, -0.15) is 0 Å². The van der Waals surface area contributed by atoms with Gasteiger partial charge in [0.2, 0.25) is 5.91 Å². The van der Waals surface area contributed by atoms with Crippen molar-refractivity contribution >= 4 is 5.91 Å². The number of nitrogens with two attached hydrogens (primary N) is 1. The standard InChI is InChI=1S/C15H25N3O/c1-18(11-14-3-2-10-17-14)15(19)13-6-4-12(5-7-13)8-9-16/h2-3,10,12-13,17H,4-9,11,16H2,1H3. The summed E-state index contributed by atoms with van der Waals surface area (Å²) in [6, 6.07) is 3.98. The number of H-pyrrole nitrogens is 1. The van der Waals surface area contributed by atoms with Crippen molar-refractivity contribution in [1.29, 1.82) is 0 Å². The van der Waals surface area contributed by atoms with Crippen molar-refractivity contribution < 1.29 is 4.79 Å². The van der Waals surface area contributed by atoms with E-state index in [1.807, 2.05) is 30.3 Å². The van der Waals surface area contributed by atoms with Crippen molar-refractivity contribution in [2.45, 2.75) is 38.6 Å². The number of carbonyl (C=O) groups is 1. The van der Waals surface area contributed by atoms with E-state index in [4.69, 9.17) is 5.73 Å². The first kappa shape index (κ1) is 14.1. The molecule has 0 unspecified atom stereocenters. The predicted molar refractivity (Wildman–Crippen MR) is 76.4 cm³/mol. The maximum absolute atomic E-state index is 12.4. The zero-order valence-corrected chi connectivity index (χ0v) is 11.8. The Balaban J connectivity index is 1.80. The van der Waals surface area contributed by atoms with Gasteiger partial charge in [-0.15, -0.1) is 0 Å². The van der Waals surface area contributed by atoms with E-state index in [0.29, 0.717) is 12.5 Å². The normalized spacial score (nSPS) is 23.3. The molecule has 106 valence electrons. The summed E-state index contributed by atoms with van der Waals surface area (Å²) in [5.41, 5.74) is 6.69. The van der Waals surface area contributed by atoms with Crippen molar-refractivity contribution in [1.82, 2.24) is 9.88 Å². The van der Waals surface area contributed by atoms with Crippen LogP contribution in [0.25, 0.3) is 0 Å². The van der Waals surface area contributed by atoms with Crippen LogP contribution in [-0.2, 0) is 11.3 Å². The van der Waals surface area contributed by atoms with Crippen LogP contribution in [0.1, 0.15) is 37.8 Å². The summed E-state index contributed by atoms with van der Waals surface area (Å²) in [4.78, 5) is 17.4. The van der Waals surface area contributed by atoms with E-state index in [1.165, 1.54) is 0 Å². The van der Waals surface area contributed by atoms with E-state index in [-0.39, 0.29) is 5.92 Å². The van der Waals surface area contributed by atoms with Crippen molar-refractivity contribution in [3.05, 3.63) is 24.0 Å². The highest BCUT2D eigenvalue weighted by molar-refractivity contribution is 5.78. The van der Waals surface area contributed by atoms with Gasteiger partial charge in [0.05, 0.1) is 6.54 Å². The van der Waals surface area contributed by atoms with Crippen molar-refractivity contribution in [3.63, 3.8) is 0 Å². The monoisotopic (exact) mass is 263 g/mol. The lowest BCUT2D eigenvalue weighted by atomic mass is 9.80. The van der Waals surface area contributed by atoms with E-state index in [2.05, 4.69) is 4.98 Å². The van der Waals surface area contributed by atoms with Gasteiger partial charge in [-0.25, -0.2) is 0 Å². The molecule has 0 saturated heterocycles. The Hall–Kier alpha value is -1.29. The summed E-state index contributed by atoms with van der Waals surface area (Å²) in [6.45, 7) is 1.45. The molecular weight excluding hydrogens is 238 g/mol. The fraction of sp³-hybridized carbons (Fsp3) is 0.667. The first-order chi connectivity index (χ1) is 9.20. The second kappa shape index (κ2) is 6.75. The third kappa shape index (κ3) is 3.83. The van der Waals surface area contributed by atoms with E-state index in [9.17, 15) is 4.79 Å². The van der Waals surface area contributed by atoms with Gasteiger partial charge in [-0.05, 0) is 56.7 Å². The third-order valence-electron chi connectivity index (χ3n) is 4.22. The molecule has 1 fully saturated rings. The minimum atomic E-state index is 0.217. The van der Waals surface area contributed by atoms with Gasteiger partial charge in [-0.3, -0.25) is 4.79 Å². The SMILES string of the molecule is CN(Cc1ccc[nH]1)C(=O)C1CCC(CCN)CC1.